The van der Waals surface area contributed by atoms with Crippen molar-refractivity contribution in [2.75, 3.05) is 12.3 Å². The van der Waals surface area contributed by atoms with Gasteiger partial charge in [0.2, 0.25) is 0 Å². The lowest BCUT2D eigenvalue weighted by molar-refractivity contribution is 0.0725. The quantitative estimate of drug-likeness (QED) is 0.867. The summed E-state index contributed by atoms with van der Waals surface area (Å²) in [4.78, 5) is 14.8. The van der Waals surface area contributed by atoms with Crippen LogP contribution >= 0.6 is 0 Å². The molecule has 0 radical (unpaired) electrons. The number of aromatic nitrogens is 2. The number of aryl methyl sites for hydroxylation is 2. The molecule has 1 aromatic heterocycles. The van der Waals surface area contributed by atoms with Crippen LogP contribution in [0.1, 0.15) is 56.2 Å². The molecule has 1 aliphatic rings. The highest BCUT2D eigenvalue weighted by atomic mass is 16.2. The summed E-state index contributed by atoms with van der Waals surface area (Å²) in [6.45, 7) is 7.18. The first-order chi connectivity index (χ1) is 9.45. The van der Waals surface area contributed by atoms with Crippen molar-refractivity contribution in [3.8, 4) is 0 Å². The van der Waals surface area contributed by atoms with Crippen LogP contribution in [0.2, 0.25) is 0 Å². The monoisotopic (exact) mass is 278 g/mol. The predicted molar refractivity (Wildman–Crippen MR) is 80.5 cm³/mol. The van der Waals surface area contributed by atoms with E-state index >= 15 is 0 Å². The zero-order chi connectivity index (χ0) is 14.9. The Balaban J connectivity index is 2.21. The lowest BCUT2D eigenvalue weighted by atomic mass is 10.1. The SMILES string of the molecule is CCc1nn(C)c(C(=O)N(CCC(C)C)C2CC2)c1N. The Labute approximate surface area is 121 Å². The molecule has 2 rings (SSSR count). The third kappa shape index (κ3) is 2.97. The molecule has 0 aliphatic heterocycles. The second-order valence-corrected chi connectivity index (χ2v) is 6.10. The van der Waals surface area contributed by atoms with E-state index in [0.717, 1.165) is 37.9 Å². The molecule has 0 spiro atoms. The van der Waals surface area contributed by atoms with Gasteiger partial charge in [-0.1, -0.05) is 20.8 Å². The summed E-state index contributed by atoms with van der Waals surface area (Å²) in [5.41, 5.74) is 8.02. The molecule has 1 aliphatic carbocycles. The second kappa shape index (κ2) is 5.85. The van der Waals surface area contributed by atoms with Crippen molar-refractivity contribution >= 4 is 11.6 Å². The van der Waals surface area contributed by atoms with Gasteiger partial charge in [-0.15, -0.1) is 0 Å². The maximum atomic E-state index is 12.8. The molecule has 0 saturated heterocycles. The highest BCUT2D eigenvalue weighted by Crippen LogP contribution is 2.30. The molecule has 0 aromatic carbocycles. The zero-order valence-electron chi connectivity index (χ0n) is 13.0. The van der Waals surface area contributed by atoms with E-state index in [2.05, 4.69) is 18.9 Å². The Bertz CT molecular complexity index is 488. The van der Waals surface area contributed by atoms with Crippen molar-refractivity contribution in [1.82, 2.24) is 14.7 Å². The third-order valence-corrected chi connectivity index (χ3v) is 3.89. The normalized spacial score (nSPS) is 14.8. The van der Waals surface area contributed by atoms with Crippen LogP contribution in [0, 0.1) is 5.92 Å². The topological polar surface area (TPSA) is 64.2 Å². The van der Waals surface area contributed by atoms with Gasteiger partial charge in [0, 0.05) is 19.6 Å². The van der Waals surface area contributed by atoms with E-state index in [1.807, 2.05) is 11.8 Å². The molecule has 5 heteroatoms. The van der Waals surface area contributed by atoms with E-state index in [-0.39, 0.29) is 5.91 Å². The molecule has 0 unspecified atom stereocenters. The van der Waals surface area contributed by atoms with Crippen molar-refractivity contribution in [3.63, 3.8) is 0 Å². The number of nitrogens with two attached hydrogens (primary N) is 1. The Hall–Kier alpha value is -1.52. The molecule has 1 fully saturated rings. The van der Waals surface area contributed by atoms with Crippen molar-refractivity contribution in [2.45, 2.75) is 52.5 Å². The minimum atomic E-state index is 0.0420. The van der Waals surface area contributed by atoms with Gasteiger partial charge in [-0.3, -0.25) is 9.48 Å². The summed E-state index contributed by atoms with van der Waals surface area (Å²) in [5.74, 6) is 0.638. The van der Waals surface area contributed by atoms with Crippen LogP contribution in [0.15, 0.2) is 0 Å². The van der Waals surface area contributed by atoms with Gasteiger partial charge in [-0.05, 0) is 31.6 Å². The zero-order valence-corrected chi connectivity index (χ0v) is 13.0. The lowest BCUT2D eigenvalue weighted by Crippen LogP contribution is -2.36. The van der Waals surface area contributed by atoms with Gasteiger partial charge in [0.25, 0.3) is 5.91 Å². The van der Waals surface area contributed by atoms with E-state index in [9.17, 15) is 4.79 Å². The fraction of sp³-hybridized carbons (Fsp3) is 0.733. The minimum Gasteiger partial charge on any atom is -0.395 e. The van der Waals surface area contributed by atoms with Gasteiger partial charge in [-0.2, -0.15) is 5.10 Å². The van der Waals surface area contributed by atoms with Crippen LogP contribution in [-0.4, -0.2) is 33.2 Å². The summed E-state index contributed by atoms with van der Waals surface area (Å²) < 4.78 is 1.64. The average Bonchev–Trinajstić information content (AvgIpc) is 3.16. The van der Waals surface area contributed by atoms with Crippen molar-refractivity contribution in [3.05, 3.63) is 11.4 Å². The highest BCUT2D eigenvalue weighted by molar-refractivity contribution is 5.98. The highest BCUT2D eigenvalue weighted by Gasteiger charge is 2.35. The molecule has 112 valence electrons. The summed E-state index contributed by atoms with van der Waals surface area (Å²) in [6.07, 6.45) is 4.01. The smallest absolute Gasteiger partial charge is 0.274 e. The van der Waals surface area contributed by atoms with Crippen LogP contribution in [-0.2, 0) is 13.5 Å². The van der Waals surface area contributed by atoms with Gasteiger partial charge < -0.3 is 10.6 Å². The van der Waals surface area contributed by atoms with Gasteiger partial charge in [0.05, 0.1) is 11.4 Å². The van der Waals surface area contributed by atoms with Gasteiger partial charge in [-0.25, -0.2) is 0 Å². The molecule has 1 amide bonds. The van der Waals surface area contributed by atoms with Crippen LogP contribution in [0.5, 0.6) is 0 Å². The van der Waals surface area contributed by atoms with E-state index in [1.165, 1.54) is 0 Å². The second-order valence-electron chi connectivity index (χ2n) is 6.10. The first-order valence-corrected chi connectivity index (χ1v) is 7.58. The first-order valence-electron chi connectivity index (χ1n) is 7.58. The van der Waals surface area contributed by atoms with E-state index in [1.54, 1.807) is 11.7 Å². The Morgan fingerprint density at radius 1 is 1.50 bits per heavy atom. The summed E-state index contributed by atoms with van der Waals surface area (Å²) in [5, 5.41) is 4.35. The molecule has 1 aromatic rings. The number of hydrogen-bond acceptors (Lipinski definition) is 3. The lowest BCUT2D eigenvalue weighted by Gasteiger charge is -2.23. The van der Waals surface area contributed by atoms with E-state index in [4.69, 9.17) is 5.73 Å². The van der Waals surface area contributed by atoms with E-state index in [0.29, 0.717) is 23.3 Å². The standard InChI is InChI=1S/C15H26N4O/c1-5-12-13(16)14(18(4)17-12)15(20)19(11-6-7-11)9-8-10(2)3/h10-11H,5-9,16H2,1-4H3. The molecule has 20 heavy (non-hydrogen) atoms. The number of nitrogen functional groups attached to an aromatic ring is 1. The number of anilines is 1. The van der Waals surface area contributed by atoms with Crippen LogP contribution in [0.4, 0.5) is 5.69 Å². The molecule has 1 heterocycles. The largest absolute Gasteiger partial charge is 0.395 e. The number of rotatable bonds is 6. The van der Waals surface area contributed by atoms with Crippen LogP contribution < -0.4 is 5.73 Å². The van der Waals surface area contributed by atoms with Crippen LogP contribution in [0.25, 0.3) is 0 Å². The molecule has 0 bridgehead atoms. The number of carbonyl (C=O) groups excluding carboxylic acids is 1. The summed E-state index contributed by atoms with van der Waals surface area (Å²) in [6, 6.07) is 0.403. The molecular formula is C15H26N4O. The fourth-order valence-corrected chi connectivity index (χ4v) is 2.48. The Kier molecular flexibility index (Phi) is 4.35. The molecule has 1 saturated carbocycles. The van der Waals surface area contributed by atoms with Crippen molar-refractivity contribution in [1.29, 1.82) is 0 Å². The predicted octanol–water partition coefficient (Wildman–Crippen LogP) is 2.22. The molecule has 5 nitrogen and oxygen atoms in total. The Morgan fingerprint density at radius 2 is 2.15 bits per heavy atom. The fourth-order valence-electron chi connectivity index (χ4n) is 2.48. The molecule has 2 N–H and O–H groups in total. The molecular weight excluding hydrogens is 252 g/mol. The minimum absolute atomic E-state index is 0.0420. The Morgan fingerprint density at radius 3 is 2.60 bits per heavy atom. The van der Waals surface area contributed by atoms with Crippen LogP contribution in [0.3, 0.4) is 0 Å². The number of amides is 1. The van der Waals surface area contributed by atoms with Gasteiger partial charge >= 0.3 is 0 Å². The number of carbonyl (C=O) groups is 1. The third-order valence-electron chi connectivity index (χ3n) is 3.89. The van der Waals surface area contributed by atoms with E-state index < -0.39 is 0 Å². The number of nitrogens with zero attached hydrogens (tertiary/aromatic N) is 3. The molecule has 0 atom stereocenters. The summed E-state index contributed by atoms with van der Waals surface area (Å²) >= 11 is 0. The maximum absolute atomic E-state index is 12.8. The van der Waals surface area contributed by atoms with Crippen molar-refractivity contribution in [2.24, 2.45) is 13.0 Å². The van der Waals surface area contributed by atoms with Gasteiger partial charge in [0.15, 0.2) is 0 Å². The average molecular weight is 278 g/mol. The maximum Gasteiger partial charge on any atom is 0.274 e. The first kappa shape index (κ1) is 14.9. The summed E-state index contributed by atoms with van der Waals surface area (Å²) in [7, 11) is 1.80. The van der Waals surface area contributed by atoms with Gasteiger partial charge in [0.1, 0.15) is 5.69 Å². The number of hydrogen-bond donors (Lipinski definition) is 1. The van der Waals surface area contributed by atoms with Crippen molar-refractivity contribution < 1.29 is 4.79 Å².